The topological polar surface area (TPSA) is 75.7 Å². The molecule has 1 spiro atoms. The van der Waals surface area contributed by atoms with Gasteiger partial charge < -0.3 is 10.1 Å². The maximum absolute atomic E-state index is 12.3. The minimum absolute atomic E-state index is 0.0491. The molecule has 3 heterocycles. The number of rotatable bonds is 6. The highest BCUT2D eigenvalue weighted by Crippen LogP contribution is 2.54. The van der Waals surface area contributed by atoms with Crippen molar-refractivity contribution in [2.75, 3.05) is 25.9 Å². The van der Waals surface area contributed by atoms with E-state index in [2.05, 4.69) is 24.4 Å². The van der Waals surface area contributed by atoms with Crippen molar-refractivity contribution in [2.45, 2.75) is 44.3 Å². The predicted molar refractivity (Wildman–Crippen MR) is 103 cm³/mol. The Bertz CT molecular complexity index is 840. The molecule has 0 radical (unpaired) electrons. The average Bonchev–Trinajstić information content (AvgIpc) is 3.27. The Morgan fingerprint density at radius 3 is 2.89 bits per heavy atom. The van der Waals surface area contributed by atoms with Crippen molar-refractivity contribution in [1.29, 1.82) is 0 Å². The largest absolute Gasteiger partial charge is 0.370 e. The summed E-state index contributed by atoms with van der Waals surface area (Å²) in [6, 6.07) is 8.13. The first-order valence-electron chi connectivity index (χ1n) is 9.73. The molecule has 27 heavy (non-hydrogen) atoms. The summed E-state index contributed by atoms with van der Waals surface area (Å²) in [5.74, 6) is 0.434. The van der Waals surface area contributed by atoms with Crippen LogP contribution in [-0.2, 0) is 26.0 Å². The van der Waals surface area contributed by atoms with Crippen molar-refractivity contribution < 1.29 is 17.9 Å². The second kappa shape index (κ2) is 6.87. The molecule has 0 unspecified atom stereocenters. The van der Waals surface area contributed by atoms with Crippen LogP contribution in [0.5, 0.6) is 0 Å². The van der Waals surface area contributed by atoms with Gasteiger partial charge in [-0.25, -0.2) is 8.42 Å². The molecule has 0 aliphatic carbocycles. The van der Waals surface area contributed by atoms with Gasteiger partial charge in [0.1, 0.15) is 0 Å². The van der Waals surface area contributed by atoms with Crippen LogP contribution in [0.3, 0.4) is 0 Å². The van der Waals surface area contributed by atoms with Crippen molar-refractivity contribution in [1.82, 2.24) is 9.62 Å². The number of nitrogens with zero attached hydrogens (tertiary/aromatic N) is 1. The van der Waals surface area contributed by atoms with E-state index in [4.69, 9.17) is 4.74 Å². The molecule has 148 valence electrons. The van der Waals surface area contributed by atoms with Crippen LogP contribution in [-0.4, -0.2) is 56.2 Å². The molecule has 3 aliphatic rings. The quantitative estimate of drug-likeness (QED) is 0.796. The summed E-state index contributed by atoms with van der Waals surface area (Å²) in [6.45, 7) is 3.61. The lowest BCUT2D eigenvalue weighted by Gasteiger charge is -2.29. The van der Waals surface area contributed by atoms with Gasteiger partial charge in [0, 0.05) is 37.9 Å². The lowest BCUT2D eigenvalue weighted by atomic mass is 9.73. The van der Waals surface area contributed by atoms with E-state index in [1.54, 1.807) is 4.31 Å². The van der Waals surface area contributed by atoms with Gasteiger partial charge in [-0.2, -0.15) is 4.31 Å². The van der Waals surface area contributed by atoms with Crippen LogP contribution in [0.25, 0.3) is 0 Å². The van der Waals surface area contributed by atoms with E-state index in [1.807, 2.05) is 12.1 Å². The Hall–Kier alpha value is -1.44. The number of nitrogens with one attached hydrogen (secondary N) is 1. The Kier molecular flexibility index (Phi) is 4.81. The molecular formula is C20H28N2O4S. The molecule has 1 aromatic rings. The van der Waals surface area contributed by atoms with Crippen LogP contribution in [0.1, 0.15) is 30.4 Å². The highest BCUT2D eigenvalue weighted by molar-refractivity contribution is 7.88. The zero-order chi connectivity index (χ0) is 19.2. The van der Waals surface area contributed by atoms with Crippen molar-refractivity contribution in [3.63, 3.8) is 0 Å². The number of carbonyl (C=O) groups excluding carboxylic acids is 1. The standard InChI is InChI=1S/C20H28N2O4S/c1-14-5-3-4-6-15(14)7-8-19(23)21-11-16-17-12-22(27(2,24)25)13-20(17)10-9-18(16)26-20/h3-6,16-18H,7-13H2,1-2H3,(H,21,23)/t16-,17+,18+,20+/m0/s1. The third-order valence-electron chi connectivity index (χ3n) is 6.64. The summed E-state index contributed by atoms with van der Waals surface area (Å²) < 4.78 is 31.7. The van der Waals surface area contributed by atoms with Crippen LogP contribution in [0.4, 0.5) is 0 Å². The highest BCUT2D eigenvalue weighted by atomic mass is 32.2. The second-order valence-electron chi connectivity index (χ2n) is 8.32. The fourth-order valence-electron chi connectivity index (χ4n) is 5.13. The van der Waals surface area contributed by atoms with E-state index >= 15 is 0 Å². The minimum Gasteiger partial charge on any atom is -0.370 e. The van der Waals surface area contributed by atoms with Gasteiger partial charge in [-0.15, -0.1) is 0 Å². The molecular weight excluding hydrogens is 364 g/mol. The fourth-order valence-corrected chi connectivity index (χ4v) is 6.02. The number of benzene rings is 1. The zero-order valence-corrected chi connectivity index (χ0v) is 16.8. The Labute approximate surface area is 161 Å². The molecule has 3 aliphatic heterocycles. The summed E-state index contributed by atoms with van der Waals surface area (Å²) >= 11 is 0. The number of carbonyl (C=O) groups is 1. The molecule has 7 heteroatoms. The lowest BCUT2D eigenvalue weighted by Crippen LogP contribution is -2.41. The van der Waals surface area contributed by atoms with Gasteiger partial charge in [0.25, 0.3) is 0 Å². The third-order valence-corrected chi connectivity index (χ3v) is 7.86. The fraction of sp³-hybridized carbons (Fsp3) is 0.650. The summed E-state index contributed by atoms with van der Waals surface area (Å²) in [5.41, 5.74) is 2.08. The number of aryl methyl sites for hydroxylation is 2. The van der Waals surface area contributed by atoms with Crippen molar-refractivity contribution in [2.24, 2.45) is 11.8 Å². The van der Waals surface area contributed by atoms with Gasteiger partial charge in [-0.05, 0) is 37.3 Å². The van der Waals surface area contributed by atoms with E-state index in [1.165, 1.54) is 17.4 Å². The molecule has 0 saturated carbocycles. The van der Waals surface area contributed by atoms with Crippen LogP contribution >= 0.6 is 0 Å². The average molecular weight is 393 g/mol. The highest BCUT2D eigenvalue weighted by Gasteiger charge is 2.63. The lowest BCUT2D eigenvalue weighted by molar-refractivity contribution is -0.121. The number of hydrogen-bond donors (Lipinski definition) is 1. The molecule has 1 N–H and O–H groups in total. The SMILES string of the molecule is Cc1ccccc1CCC(=O)NC[C@H]1[C@H]2CN(S(C)(=O)=O)C[C@]23CC[C@H]1O3. The molecule has 3 saturated heterocycles. The van der Waals surface area contributed by atoms with Gasteiger partial charge in [-0.3, -0.25) is 4.79 Å². The normalized spacial score (nSPS) is 32.6. The molecule has 1 aromatic carbocycles. The van der Waals surface area contributed by atoms with Crippen LogP contribution in [0.15, 0.2) is 24.3 Å². The van der Waals surface area contributed by atoms with Crippen molar-refractivity contribution in [3.8, 4) is 0 Å². The van der Waals surface area contributed by atoms with E-state index in [0.717, 1.165) is 19.3 Å². The van der Waals surface area contributed by atoms with E-state index in [9.17, 15) is 13.2 Å². The Morgan fingerprint density at radius 2 is 2.15 bits per heavy atom. The molecule has 4 atom stereocenters. The van der Waals surface area contributed by atoms with Crippen LogP contribution < -0.4 is 5.32 Å². The maximum atomic E-state index is 12.3. The van der Waals surface area contributed by atoms with Crippen LogP contribution in [0, 0.1) is 18.8 Å². The molecule has 2 bridgehead atoms. The smallest absolute Gasteiger partial charge is 0.220 e. The Morgan fingerprint density at radius 1 is 1.37 bits per heavy atom. The number of amides is 1. The van der Waals surface area contributed by atoms with Crippen LogP contribution in [0.2, 0.25) is 0 Å². The van der Waals surface area contributed by atoms with Gasteiger partial charge in [0.05, 0.1) is 18.0 Å². The van der Waals surface area contributed by atoms with Gasteiger partial charge in [-0.1, -0.05) is 24.3 Å². The van der Waals surface area contributed by atoms with Gasteiger partial charge in [0.15, 0.2) is 0 Å². The van der Waals surface area contributed by atoms with Gasteiger partial charge in [0.2, 0.25) is 15.9 Å². The molecule has 4 rings (SSSR count). The summed E-state index contributed by atoms with van der Waals surface area (Å²) in [7, 11) is -3.21. The first-order chi connectivity index (χ1) is 12.8. The van der Waals surface area contributed by atoms with Crippen molar-refractivity contribution >= 4 is 15.9 Å². The number of ether oxygens (including phenoxy) is 1. The van der Waals surface area contributed by atoms with Crippen molar-refractivity contribution in [3.05, 3.63) is 35.4 Å². The van der Waals surface area contributed by atoms with E-state index in [-0.39, 0.29) is 29.4 Å². The first kappa shape index (κ1) is 18.9. The molecule has 0 aromatic heterocycles. The molecule has 3 fully saturated rings. The zero-order valence-electron chi connectivity index (χ0n) is 16.0. The van der Waals surface area contributed by atoms with E-state index < -0.39 is 10.0 Å². The first-order valence-corrected chi connectivity index (χ1v) is 11.6. The number of hydrogen-bond acceptors (Lipinski definition) is 4. The minimum atomic E-state index is -3.21. The monoisotopic (exact) mass is 392 g/mol. The third kappa shape index (κ3) is 3.52. The number of sulfonamides is 1. The summed E-state index contributed by atoms with van der Waals surface area (Å²) in [4.78, 5) is 12.3. The molecule has 6 nitrogen and oxygen atoms in total. The number of fused-ring (bicyclic) bond motifs is 1. The van der Waals surface area contributed by atoms with E-state index in [0.29, 0.717) is 26.1 Å². The molecule has 1 amide bonds. The maximum Gasteiger partial charge on any atom is 0.220 e. The summed E-state index contributed by atoms with van der Waals surface area (Å²) in [5, 5.41) is 3.08. The Balaban J connectivity index is 1.34. The summed E-state index contributed by atoms with van der Waals surface area (Å²) in [6.07, 6.45) is 4.49. The predicted octanol–water partition coefficient (Wildman–Crippen LogP) is 1.48. The van der Waals surface area contributed by atoms with Gasteiger partial charge >= 0.3 is 0 Å². The second-order valence-corrected chi connectivity index (χ2v) is 10.3.